The van der Waals surface area contributed by atoms with Gasteiger partial charge in [0.25, 0.3) is 11.6 Å². The number of anilines is 1. The third-order valence-electron chi connectivity index (χ3n) is 3.51. The number of aromatic nitrogens is 2. The molecule has 0 spiro atoms. The first-order valence-electron chi connectivity index (χ1n) is 7.56. The Bertz CT molecular complexity index is 1020. The first-order valence-corrected chi connectivity index (χ1v) is 7.56. The van der Waals surface area contributed by atoms with Gasteiger partial charge in [0.15, 0.2) is 17.3 Å². The number of nitrogens with zero attached hydrogens (tertiary/aromatic N) is 3. The number of aryl methyl sites for hydroxylation is 1. The van der Waals surface area contributed by atoms with Gasteiger partial charge in [-0.2, -0.15) is 5.10 Å². The summed E-state index contributed by atoms with van der Waals surface area (Å²) in [5, 5.41) is 17.1. The number of nitro groups is 1. The third kappa shape index (κ3) is 4.06. The van der Waals surface area contributed by atoms with Gasteiger partial charge in [-0.05, 0) is 30.3 Å². The van der Waals surface area contributed by atoms with Gasteiger partial charge in [0.05, 0.1) is 11.0 Å². The van der Waals surface area contributed by atoms with Gasteiger partial charge in [-0.3, -0.25) is 14.9 Å². The van der Waals surface area contributed by atoms with E-state index >= 15 is 0 Å². The molecule has 0 radical (unpaired) electrons. The van der Waals surface area contributed by atoms with Crippen LogP contribution in [0.25, 0.3) is 0 Å². The average Bonchev–Trinajstić information content (AvgIpc) is 2.99. The molecule has 0 aliphatic heterocycles. The lowest BCUT2D eigenvalue weighted by molar-refractivity contribution is -0.385. The molecular weight excluding hydrogens is 362 g/mol. The van der Waals surface area contributed by atoms with Gasteiger partial charge in [0.1, 0.15) is 5.82 Å². The first-order chi connectivity index (χ1) is 12.8. The Labute approximate surface area is 151 Å². The van der Waals surface area contributed by atoms with Crippen molar-refractivity contribution in [2.24, 2.45) is 7.05 Å². The van der Waals surface area contributed by atoms with Crippen molar-refractivity contribution in [3.8, 4) is 11.6 Å². The molecule has 1 heterocycles. The van der Waals surface area contributed by atoms with E-state index in [9.17, 15) is 23.7 Å². The minimum atomic E-state index is -0.928. The third-order valence-corrected chi connectivity index (χ3v) is 3.51. The largest absolute Gasteiger partial charge is 0.436 e. The number of halogens is 2. The molecule has 0 saturated heterocycles. The smallest absolute Gasteiger partial charge is 0.276 e. The van der Waals surface area contributed by atoms with Crippen LogP contribution in [0.3, 0.4) is 0 Å². The van der Waals surface area contributed by atoms with Crippen molar-refractivity contribution in [3.63, 3.8) is 0 Å². The summed E-state index contributed by atoms with van der Waals surface area (Å²) in [5.74, 6) is -2.15. The van der Waals surface area contributed by atoms with Crippen LogP contribution < -0.4 is 10.1 Å². The van der Waals surface area contributed by atoms with E-state index in [2.05, 4.69) is 10.4 Å². The standard InChI is InChI=1S/C17H12F2N4O4/c1-22-16(27-15-7-6-12(23(25)26)8-13(15)19)9-14(21-22)17(24)20-11-4-2-10(18)3-5-11/h2-9H,1H3,(H,20,24). The zero-order valence-corrected chi connectivity index (χ0v) is 13.8. The zero-order valence-electron chi connectivity index (χ0n) is 13.8. The second-order valence-electron chi connectivity index (χ2n) is 5.43. The maximum Gasteiger partial charge on any atom is 0.276 e. The zero-order chi connectivity index (χ0) is 19.6. The van der Waals surface area contributed by atoms with E-state index in [0.717, 1.165) is 18.2 Å². The highest BCUT2D eigenvalue weighted by Crippen LogP contribution is 2.27. The summed E-state index contributed by atoms with van der Waals surface area (Å²) >= 11 is 0. The molecule has 2 aromatic carbocycles. The van der Waals surface area contributed by atoms with E-state index in [0.29, 0.717) is 5.69 Å². The molecule has 0 unspecified atom stereocenters. The molecule has 1 aromatic heterocycles. The normalized spacial score (nSPS) is 10.5. The van der Waals surface area contributed by atoms with E-state index in [1.807, 2.05) is 0 Å². The van der Waals surface area contributed by atoms with Crippen LogP contribution in [0, 0.1) is 21.7 Å². The van der Waals surface area contributed by atoms with E-state index in [4.69, 9.17) is 4.74 Å². The number of rotatable bonds is 5. The number of ether oxygens (including phenoxy) is 1. The maximum atomic E-state index is 13.9. The van der Waals surface area contributed by atoms with Gasteiger partial charge in [0.2, 0.25) is 5.88 Å². The quantitative estimate of drug-likeness (QED) is 0.543. The molecule has 10 heteroatoms. The molecule has 0 aliphatic rings. The molecule has 3 rings (SSSR count). The Morgan fingerprint density at radius 3 is 2.52 bits per heavy atom. The monoisotopic (exact) mass is 374 g/mol. The Hall–Kier alpha value is -3.82. The predicted molar refractivity (Wildman–Crippen MR) is 90.7 cm³/mol. The van der Waals surface area contributed by atoms with Crippen LogP contribution in [0.2, 0.25) is 0 Å². The Kier molecular flexibility index (Phi) is 4.79. The summed E-state index contributed by atoms with van der Waals surface area (Å²) < 4.78 is 33.4. The topological polar surface area (TPSA) is 99.3 Å². The SMILES string of the molecule is Cn1nc(C(=O)Nc2ccc(F)cc2)cc1Oc1ccc([N+](=O)[O-])cc1F. The van der Waals surface area contributed by atoms with E-state index < -0.39 is 28.2 Å². The van der Waals surface area contributed by atoms with Gasteiger partial charge in [-0.25, -0.2) is 13.5 Å². The number of carbonyl (C=O) groups is 1. The predicted octanol–water partition coefficient (Wildman–Crippen LogP) is 3.65. The van der Waals surface area contributed by atoms with Crippen LogP contribution in [0.1, 0.15) is 10.5 Å². The van der Waals surface area contributed by atoms with Crippen molar-refractivity contribution in [1.82, 2.24) is 9.78 Å². The highest BCUT2D eigenvalue weighted by atomic mass is 19.1. The van der Waals surface area contributed by atoms with E-state index in [1.54, 1.807) is 0 Å². The van der Waals surface area contributed by atoms with Crippen molar-refractivity contribution in [2.45, 2.75) is 0 Å². The molecule has 3 aromatic rings. The van der Waals surface area contributed by atoms with Crippen LogP contribution in [0.5, 0.6) is 11.6 Å². The number of nitrogens with one attached hydrogen (secondary N) is 1. The fourth-order valence-electron chi connectivity index (χ4n) is 2.18. The summed E-state index contributed by atoms with van der Waals surface area (Å²) in [6.45, 7) is 0. The molecule has 0 atom stereocenters. The number of nitro benzene ring substituents is 1. The fraction of sp³-hybridized carbons (Fsp3) is 0.0588. The lowest BCUT2D eigenvalue weighted by Crippen LogP contribution is -2.12. The van der Waals surface area contributed by atoms with Crippen molar-refractivity contribution in [3.05, 3.63) is 76.0 Å². The summed E-state index contributed by atoms with van der Waals surface area (Å²) in [4.78, 5) is 22.1. The Balaban J connectivity index is 1.77. The first kappa shape index (κ1) is 18.0. The maximum absolute atomic E-state index is 13.9. The average molecular weight is 374 g/mol. The van der Waals surface area contributed by atoms with Gasteiger partial charge in [-0.1, -0.05) is 0 Å². The molecule has 0 aliphatic carbocycles. The van der Waals surface area contributed by atoms with Crippen LogP contribution in [-0.2, 0) is 7.05 Å². The lowest BCUT2D eigenvalue weighted by Gasteiger charge is -2.05. The minimum absolute atomic E-state index is 0.0147. The number of benzene rings is 2. The molecule has 0 bridgehead atoms. The van der Waals surface area contributed by atoms with Crippen LogP contribution in [-0.4, -0.2) is 20.6 Å². The molecule has 27 heavy (non-hydrogen) atoms. The van der Waals surface area contributed by atoms with Crippen molar-refractivity contribution in [2.75, 3.05) is 5.32 Å². The molecule has 0 fully saturated rings. The molecular formula is C17H12F2N4O4. The molecule has 1 amide bonds. The van der Waals surface area contributed by atoms with Gasteiger partial charge < -0.3 is 10.1 Å². The van der Waals surface area contributed by atoms with E-state index in [-0.39, 0.29) is 17.3 Å². The van der Waals surface area contributed by atoms with Crippen LogP contribution in [0.4, 0.5) is 20.2 Å². The summed E-state index contributed by atoms with van der Waals surface area (Å²) in [6, 6.07) is 9.38. The number of hydrogen-bond acceptors (Lipinski definition) is 5. The van der Waals surface area contributed by atoms with Crippen LogP contribution in [0.15, 0.2) is 48.5 Å². The highest BCUT2D eigenvalue weighted by molar-refractivity contribution is 6.03. The lowest BCUT2D eigenvalue weighted by atomic mass is 10.3. The van der Waals surface area contributed by atoms with E-state index in [1.165, 1.54) is 42.1 Å². The molecule has 138 valence electrons. The Morgan fingerprint density at radius 2 is 1.89 bits per heavy atom. The summed E-state index contributed by atoms with van der Waals surface area (Å²) in [5.41, 5.74) is -0.0562. The second kappa shape index (κ2) is 7.20. The van der Waals surface area contributed by atoms with Crippen molar-refractivity contribution < 1.29 is 23.2 Å². The van der Waals surface area contributed by atoms with Crippen molar-refractivity contribution >= 4 is 17.3 Å². The number of amides is 1. The van der Waals surface area contributed by atoms with Crippen LogP contribution >= 0.6 is 0 Å². The van der Waals surface area contributed by atoms with Gasteiger partial charge >= 0.3 is 0 Å². The minimum Gasteiger partial charge on any atom is -0.436 e. The number of carbonyl (C=O) groups excluding carboxylic acids is 1. The number of non-ortho nitro benzene ring substituents is 1. The molecule has 0 saturated carbocycles. The highest BCUT2D eigenvalue weighted by Gasteiger charge is 2.17. The molecule has 1 N–H and O–H groups in total. The Morgan fingerprint density at radius 1 is 1.19 bits per heavy atom. The summed E-state index contributed by atoms with van der Waals surface area (Å²) in [6.07, 6.45) is 0. The number of hydrogen-bond donors (Lipinski definition) is 1. The summed E-state index contributed by atoms with van der Waals surface area (Å²) in [7, 11) is 1.48. The fourth-order valence-corrected chi connectivity index (χ4v) is 2.18. The second-order valence-corrected chi connectivity index (χ2v) is 5.43. The molecule has 8 nitrogen and oxygen atoms in total. The van der Waals surface area contributed by atoms with Gasteiger partial charge in [0, 0.05) is 24.9 Å². The van der Waals surface area contributed by atoms with Crippen molar-refractivity contribution in [1.29, 1.82) is 0 Å². The van der Waals surface area contributed by atoms with Gasteiger partial charge in [-0.15, -0.1) is 0 Å².